The Morgan fingerprint density at radius 1 is 1.14 bits per heavy atom. The summed E-state index contributed by atoms with van der Waals surface area (Å²) in [5.41, 5.74) is 1.87. The molecule has 1 amide bonds. The summed E-state index contributed by atoms with van der Waals surface area (Å²) in [5.74, 6) is 1.97. The molecule has 1 aliphatic carbocycles. The number of hydrogen-bond donors (Lipinski definition) is 1. The fraction of sp³-hybridized carbons (Fsp3) is 0.435. The van der Waals surface area contributed by atoms with Crippen LogP contribution in [0.15, 0.2) is 48.5 Å². The molecule has 0 spiro atoms. The van der Waals surface area contributed by atoms with Crippen molar-refractivity contribution in [1.29, 1.82) is 0 Å². The van der Waals surface area contributed by atoms with Crippen LogP contribution in [0.4, 0.5) is 0 Å². The average molecular weight is 381 g/mol. The zero-order chi connectivity index (χ0) is 19.3. The second-order valence-corrected chi connectivity index (χ2v) is 7.40. The second kappa shape index (κ2) is 8.65. The monoisotopic (exact) mass is 381 g/mol. The van der Waals surface area contributed by atoms with Crippen LogP contribution in [0.5, 0.6) is 11.5 Å². The molecule has 0 radical (unpaired) electrons. The molecule has 2 aliphatic rings. The highest BCUT2D eigenvalue weighted by molar-refractivity contribution is 5.94. The lowest BCUT2D eigenvalue weighted by Crippen LogP contribution is -2.26. The molecule has 2 fully saturated rings. The summed E-state index contributed by atoms with van der Waals surface area (Å²) >= 11 is 0. The molecule has 148 valence electrons. The van der Waals surface area contributed by atoms with E-state index in [-0.39, 0.29) is 18.1 Å². The van der Waals surface area contributed by atoms with Gasteiger partial charge < -0.3 is 19.5 Å². The Kier molecular flexibility index (Phi) is 5.81. The van der Waals surface area contributed by atoms with Gasteiger partial charge >= 0.3 is 0 Å². The van der Waals surface area contributed by atoms with Crippen molar-refractivity contribution in [2.24, 2.45) is 0 Å². The SMILES string of the molecule is CCOc1cccc([C@@H]2C[C@H]2NC(=O)c2ccc(OC[C@@H]3CCCO3)cc2)c1. The molecule has 5 nitrogen and oxygen atoms in total. The third kappa shape index (κ3) is 4.65. The highest BCUT2D eigenvalue weighted by Crippen LogP contribution is 2.41. The van der Waals surface area contributed by atoms with Gasteiger partial charge in [-0.15, -0.1) is 0 Å². The highest BCUT2D eigenvalue weighted by atomic mass is 16.5. The third-order valence-electron chi connectivity index (χ3n) is 5.28. The van der Waals surface area contributed by atoms with Gasteiger partial charge in [-0.05, 0) is 68.1 Å². The number of amides is 1. The van der Waals surface area contributed by atoms with E-state index in [1.807, 2.05) is 43.3 Å². The minimum absolute atomic E-state index is 0.0425. The van der Waals surface area contributed by atoms with Crippen LogP contribution in [-0.4, -0.2) is 37.9 Å². The van der Waals surface area contributed by atoms with E-state index in [1.54, 1.807) is 0 Å². The number of benzene rings is 2. The summed E-state index contributed by atoms with van der Waals surface area (Å²) in [6, 6.07) is 15.6. The molecule has 1 aliphatic heterocycles. The van der Waals surface area contributed by atoms with E-state index in [2.05, 4.69) is 17.4 Å². The lowest BCUT2D eigenvalue weighted by Gasteiger charge is -2.12. The summed E-state index contributed by atoms with van der Waals surface area (Å²) in [7, 11) is 0. The zero-order valence-electron chi connectivity index (χ0n) is 16.2. The molecule has 1 saturated heterocycles. The quantitative estimate of drug-likeness (QED) is 0.753. The molecule has 2 aromatic carbocycles. The Balaban J connectivity index is 1.27. The van der Waals surface area contributed by atoms with Gasteiger partial charge in [0.2, 0.25) is 0 Å². The van der Waals surface area contributed by atoms with E-state index in [1.165, 1.54) is 5.56 Å². The summed E-state index contributed by atoms with van der Waals surface area (Å²) in [5, 5.41) is 3.13. The van der Waals surface area contributed by atoms with E-state index in [9.17, 15) is 4.79 Å². The molecule has 3 atom stereocenters. The Bertz CT molecular complexity index is 799. The first-order valence-corrected chi connectivity index (χ1v) is 10.1. The minimum Gasteiger partial charge on any atom is -0.494 e. The number of hydrogen-bond acceptors (Lipinski definition) is 4. The van der Waals surface area contributed by atoms with Crippen molar-refractivity contribution in [3.05, 3.63) is 59.7 Å². The molecule has 0 aromatic heterocycles. The van der Waals surface area contributed by atoms with Gasteiger partial charge in [-0.3, -0.25) is 4.79 Å². The van der Waals surface area contributed by atoms with Crippen molar-refractivity contribution in [2.45, 2.75) is 44.2 Å². The summed E-state index contributed by atoms with van der Waals surface area (Å²) in [4.78, 5) is 12.5. The largest absolute Gasteiger partial charge is 0.494 e. The van der Waals surface area contributed by atoms with Crippen molar-refractivity contribution in [1.82, 2.24) is 5.32 Å². The molecular formula is C23H27NO4. The van der Waals surface area contributed by atoms with Gasteiger partial charge in [0.25, 0.3) is 5.91 Å². The number of carbonyl (C=O) groups excluding carboxylic acids is 1. The molecule has 0 bridgehead atoms. The number of ether oxygens (including phenoxy) is 3. The molecule has 1 saturated carbocycles. The average Bonchev–Trinajstić information content (AvgIpc) is 3.28. The van der Waals surface area contributed by atoms with Crippen molar-refractivity contribution in [2.75, 3.05) is 19.8 Å². The van der Waals surface area contributed by atoms with Crippen molar-refractivity contribution in [3.63, 3.8) is 0 Å². The van der Waals surface area contributed by atoms with Gasteiger partial charge in [0, 0.05) is 24.1 Å². The lowest BCUT2D eigenvalue weighted by atomic mass is 10.1. The molecule has 4 rings (SSSR count). The number of carbonyl (C=O) groups is 1. The molecule has 5 heteroatoms. The predicted octanol–water partition coefficient (Wildman–Crippen LogP) is 3.93. The Morgan fingerprint density at radius 2 is 2.00 bits per heavy atom. The van der Waals surface area contributed by atoms with Crippen LogP contribution in [0.2, 0.25) is 0 Å². The van der Waals surface area contributed by atoms with Gasteiger partial charge in [0.15, 0.2) is 0 Å². The van der Waals surface area contributed by atoms with E-state index in [0.29, 0.717) is 24.7 Å². The van der Waals surface area contributed by atoms with Crippen LogP contribution in [0.1, 0.15) is 48.0 Å². The normalized spacial score (nSPS) is 23.2. The van der Waals surface area contributed by atoms with Crippen LogP contribution >= 0.6 is 0 Å². The Labute approximate surface area is 166 Å². The smallest absolute Gasteiger partial charge is 0.251 e. The van der Waals surface area contributed by atoms with Crippen LogP contribution in [0, 0.1) is 0 Å². The second-order valence-electron chi connectivity index (χ2n) is 7.40. The van der Waals surface area contributed by atoms with E-state index < -0.39 is 0 Å². The zero-order valence-corrected chi connectivity index (χ0v) is 16.2. The van der Waals surface area contributed by atoms with Gasteiger partial charge in [-0.25, -0.2) is 0 Å². The van der Waals surface area contributed by atoms with E-state index >= 15 is 0 Å². The van der Waals surface area contributed by atoms with Crippen molar-refractivity contribution < 1.29 is 19.0 Å². The lowest BCUT2D eigenvalue weighted by molar-refractivity contribution is 0.0679. The van der Waals surface area contributed by atoms with Crippen LogP contribution in [0.25, 0.3) is 0 Å². The van der Waals surface area contributed by atoms with Crippen LogP contribution < -0.4 is 14.8 Å². The van der Waals surface area contributed by atoms with Gasteiger partial charge in [0.05, 0.1) is 12.7 Å². The first kappa shape index (κ1) is 18.8. The molecule has 1 heterocycles. The van der Waals surface area contributed by atoms with Gasteiger partial charge in [-0.2, -0.15) is 0 Å². The van der Waals surface area contributed by atoms with Crippen molar-refractivity contribution >= 4 is 5.91 Å². The maximum atomic E-state index is 12.5. The molecule has 28 heavy (non-hydrogen) atoms. The Morgan fingerprint density at radius 3 is 2.75 bits per heavy atom. The fourth-order valence-electron chi connectivity index (χ4n) is 3.64. The summed E-state index contributed by atoms with van der Waals surface area (Å²) in [6.45, 7) is 4.02. The first-order chi connectivity index (χ1) is 13.7. The molecular weight excluding hydrogens is 354 g/mol. The van der Waals surface area contributed by atoms with E-state index in [4.69, 9.17) is 14.2 Å². The number of nitrogens with one attached hydrogen (secondary N) is 1. The minimum atomic E-state index is -0.0425. The van der Waals surface area contributed by atoms with Gasteiger partial charge in [0.1, 0.15) is 18.1 Å². The maximum Gasteiger partial charge on any atom is 0.251 e. The fourth-order valence-corrected chi connectivity index (χ4v) is 3.64. The topological polar surface area (TPSA) is 56.8 Å². The number of rotatable bonds is 8. The summed E-state index contributed by atoms with van der Waals surface area (Å²) in [6.07, 6.45) is 3.31. The highest BCUT2D eigenvalue weighted by Gasteiger charge is 2.39. The third-order valence-corrected chi connectivity index (χ3v) is 5.28. The van der Waals surface area contributed by atoms with Crippen LogP contribution in [-0.2, 0) is 4.74 Å². The Hall–Kier alpha value is -2.53. The molecule has 1 N–H and O–H groups in total. The maximum absolute atomic E-state index is 12.5. The molecule has 0 unspecified atom stereocenters. The van der Waals surface area contributed by atoms with E-state index in [0.717, 1.165) is 37.4 Å². The van der Waals surface area contributed by atoms with Gasteiger partial charge in [-0.1, -0.05) is 12.1 Å². The molecule has 2 aromatic rings. The van der Waals surface area contributed by atoms with Crippen LogP contribution in [0.3, 0.4) is 0 Å². The summed E-state index contributed by atoms with van der Waals surface area (Å²) < 4.78 is 16.9. The first-order valence-electron chi connectivity index (χ1n) is 10.1. The predicted molar refractivity (Wildman–Crippen MR) is 107 cm³/mol. The standard InChI is InChI=1S/C23H27NO4/c1-2-26-19-6-3-5-17(13-19)21-14-22(21)24-23(25)16-8-10-18(11-9-16)28-15-20-7-4-12-27-20/h3,5-6,8-11,13,20-22H,2,4,7,12,14-15H2,1H3,(H,24,25)/t20-,21-,22+/m0/s1. The van der Waals surface area contributed by atoms with Crippen molar-refractivity contribution in [3.8, 4) is 11.5 Å².